The number of carbonyl (C=O) groups is 2. The number of aromatic nitrogens is 1. The van der Waals surface area contributed by atoms with E-state index in [1.54, 1.807) is 37.8 Å². The number of ether oxygens (including phenoxy) is 1. The SMILES string of the molecule is Cc1ccccc1N1CCN(C(=O)[C@H](Cc2ccc(OS(=O)(=O)c3cccnc3)cc2)NC(=O)OC(C)(C)C)CC1. The molecule has 41 heavy (non-hydrogen) atoms. The molecule has 4 rings (SSSR count). The molecular formula is C30H36N4O6S. The molecular weight excluding hydrogens is 544 g/mol. The Morgan fingerprint density at radius 2 is 1.66 bits per heavy atom. The second kappa shape index (κ2) is 12.6. The lowest BCUT2D eigenvalue weighted by Gasteiger charge is -2.38. The van der Waals surface area contributed by atoms with Crippen LogP contribution in [0.2, 0.25) is 0 Å². The largest absolute Gasteiger partial charge is 0.444 e. The number of rotatable bonds is 8. The molecule has 0 bridgehead atoms. The van der Waals surface area contributed by atoms with Gasteiger partial charge in [0.1, 0.15) is 22.3 Å². The number of aryl methyl sites for hydroxylation is 1. The number of nitrogens with one attached hydrogen (secondary N) is 1. The third-order valence-corrected chi connectivity index (χ3v) is 7.76. The molecule has 0 aliphatic carbocycles. The van der Waals surface area contributed by atoms with Crippen molar-refractivity contribution in [2.24, 2.45) is 0 Å². The van der Waals surface area contributed by atoms with Crippen LogP contribution >= 0.6 is 0 Å². The minimum absolute atomic E-state index is 0.0566. The zero-order chi connectivity index (χ0) is 29.6. The Morgan fingerprint density at radius 1 is 0.976 bits per heavy atom. The maximum Gasteiger partial charge on any atom is 0.408 e. The summed E-state index contributed by atoms with van der Waals surface area (Å²) in [7, 11) is -4.04. The number of hydrogen-bond acceptors (Lipinski definition) is 8. The van der Waals surface area contributed by atoms with Crippen molar-refractivity contribution in [3.63, 3.8) is 0 Å². The van der Waals surface area contributed by atoms with Crippen molar-refractivity contribution in [2.75, 3.05) is 31.1 Å². The maximum atomic E-state index is 13.7. The van der Waals surface area contributed by atoms with Crippen LogP contribution in [0.3, 0.4) is 0 Å². The van der Waals surface area contributed by atoms with Crippen LogP contribution in [0.15, 0.2) is 78.0 Å². The summed E-state index contributed by atoms with van der Waals surface area (Å²) in [5, 5.41) is 2.75. The molecule has 1 aliphatic heterocycles. The average molecular weight is 581 g/mol. The molecule has 2 amide bonds. The Labute approximate surface area is 241 Å². The first-order valence-corrected chi connectivity index (χ1v) is 14.8. The van der Waals surface area contributed by atoms with E-state index in [2.05, 4.69) is 34.3 Å². The molecule has 10 nitrogen and oxygen atoms in total. The quantitative estimate of drug-likeness (QED) is 0.398. The zero-order valence-corrected chi connectivity index (χ0v) is 24.6. The van der Waals surface area contributed by atoms with Gasteiger partial charge in [-0.25, -0.2) is 4.79 Å². The van der Waals surface area contributed by atoms with Crippen LogP contribution in [-0.2, 0) is 26.1 Å². The molecule has 1 aromatic heterocycles. The smallest absolute Gasteiger partial charge is 0.408 e. The number of nitrogens with zero attached hydrogens (tertiary/aromatic N) is 3. The highest BCUT2D eigenvalue weighted by Gasteiger charge is 2.31. The summed E-state index contributed by atoms with van der Waals surface area (Å²) in [5.74, 6) is -0.0901. The van der Waals surface area contributed by atoms with E-state index in [4.69, 9.17) is 8.92 Å². The number of benzene rings is 2. The van der Waals surface area contributed by atoms with Gasteiger partial charge in [-0.05, 0) is 69.2 Å². The van der Waals surface area contributed by atoms with E-state index in [-0.39, 0.29) is 23.0 Å². The van der Waals surface area contributed by atoms with E-state index in [0.29, 0.717) is 31.7 Å². The van der Waals surface area contributed by atoms with Crippen molar-refractivity contribution in [1.82, 2.24) is 15.2 Å². The molecule has 0 spiro atoms. The number of para-hydroxylation sites is 1. The van der Waals surface area contributed by atoms with Gasteiger partial charge in [0.2, 0.25) is 5.91 Å². The van der Waals surface area contributed by atoms with Crippen LogP contribution < -0.4 is 14.4 Å². The zero-order valence-electron chi connectivity index (χ0n) is 23.7. The van der Waals surface area contributed by atoms with Crippen molar-refractivity contribution in [3.8, 4) is 5.75 Å². The van der Waals surface area contributed by atoms with Crippen LogP contribution in [-0.4, -0.2) is 68.1 Å². The predicted octanol–water partition coefficient (Wildman–Crippen LogP) is 3.94. The third kappa shape index (κ3) is 8.20. The van der Waals surface area contributed by atoms with Gasteiger partial charge >= 0.3 is 16.2 Å². The van der Waals surface area contributed by atoms with Crippen LogP contribution in [0, 0.1) is 6.92 Å². The molecule has 1 saturated heterocycles. The summed E-state index contributed by atoms with van der Waals surface area (Å²) < 4.78 is 35.7. The highest BCUT2D eigenvalue weighted by atomic mass is 32.2. The molecule has 2 heterocycles. The van der Waals surface area contributed by atoms with Gasteiger partial charge in [-0.2, -0.15) is 8.42 Å². The Kier molecular flexibility index (Phi) is 9.17. The van der Waals surface area contributed by atoms with E-state index in [1.165, 1.54) is 42.2 Å². The Morgan fingerprint density at radius 3 is 2.27 bits per heavy atom. The van der Waals surface area contributed by atoms with Gasteiger partial charge in [-0.15, -0.1) is 0 Å². The van der Waals surface area contributed by atoms with Gasteiger partial charge in [0.15, 0.2) is 0 Å². The molecule has 1 fully saturated rings. The molecule has 1 N–H and O–H groups in total. The van der Waals surface area contributed by atoms with Crippen molar-refractivity contribution >= 4 is 27.8 Å². The number of piperazine rings is 1. The first-order chi connectivity index (χ1) is 19.4. The minimum Gasteiger partial charge on any atom is -0.444 e. The summed E-state index contributed by atoms with van der Waals surface area (Å²) in [4.78, 5) is 34.1. The van der Waals surface area contributed by atoms with Crippen molar-refractivity contribution < 1.29 is 26.9 Å². The topological polar surface area (TPSA) is 118 Å². The van der Waals surface area contributed by atoms with Crippen molar-refractivity contribution in [2.45, 2.75) is 50.7 Å². The van der Waals surface area contributed by atoms with Gasteiger partial charge in [0, 0.05) is 50.7 Å². The fraction of sp³-hybridized carbons (Fsp3) is 0.367. The summed E-state index contributed by atoms with van der Waals surface area (Å²) in [6.45, 7) is 9.71. The van der Waals surface area contributed by atoms with Crippen LogP contribution in [0.25, 0.3) is 0 Å². The number of alkyl carbamates (subject to hydrolysis) is 1. The first kappa shape index (κ1) is 29.9. The highest BCUT2D eigenvalue weighted by molar-refractivity contribution is 7.87. The summed E-state index contributed by atoms with van der Waals surface area (Å²) in [6, 6.07) is 16.6. The second-order valence-electron chi connectivity index (χ2n) is 10.9. The number of pyridine rings is 1. The fourth-order valence-electron chi connectivity index (χ4n) is 4.54. The minimum atomic E-state index is -4.04. The summed E-state index contributed by atoms with van der Waals surface area (Å²) in [6.07, 6.45) is 2.19. The standard InChI is InChI=1S/C30H36N4O6S/c1-22-8-5-6-10-27(22)33-16-18-34(19-17-33)28(35)26(32-29(36)39-30(2,3)4)20-23-11-13-24(14-12-23)40-41(37,38)25-9-7-15-31-21-25/h5-15,21,26H,16-20H2,1-4H3,(H,32,36)/t26-/m0/s1. The number of hydrogen-bond donors (Lipinski definition) is 1. The molecule has 1 atom stereocenters. The van der Waals surface area contributed by atoms with Crippen molar-refractivity contribution in [3.05, 3.63) is 84.2 Å². The first-order valence-electron chi connectivity index (χ1n) is 13.4. The normalized spacial score (nSPS) is 14.7. The monoisotopic (exact) mass is 580 g/mol. The van der Waals surface area contributed by atoms with Crippen LogP contribution in [0.4, 0.5) is 10.5 Å². The molecule has 0 saturated carbocycles. The Balaban J connectivity index is 1.45. The van der Waals surface area contributed by atoms with Gasteiger partial charge < -0.3 is 24.0 Å². The summed E-state index contributed by atoms with van der Waals surface area (Å²) in [5.41, 5.74) is 2.31. The number of carbonyl (C=O) groups excluding carboxylic acids is 2. The maximum absolute atomic E-state index is 13.7. The summed E-state index contributed by atoms with van der Waals surface area (Å²) >= 11 is 0. The van der Waals surface area contributed by atoms with Gasteiger partial charge in [-0.3, -0.25) is 9.78 Å². The van der Waals surface area contributed by atoms with E-state index in [1.807, 2.05) is 12.1 Å². The molecule has 3 aromatic rings. The highest BCUT2D eigenvalue weighted by Crippen LogP contribution is 2.22. The molecule has 218 valence electrons. The lowest BCUT2D eigenvalue weighted by Crippen LogP contribution is -2.56. The molecule has 1 aliphatic rings. The van der Waals surface area contributed by atoms with E-state index in [9.17, 15) is 18.0 Å². The molecule has 2 aromatic carbocycles. The van der Waals surface area contributed by atoms with Gasteiger partial charge in [-0.1, -0.05) is 30.3 Å². The van der Waals surface area contributed by atoms with E-state index in [0.717, 1.165) is 5.69 Å². The van der Waals surface area contributed by atoms with Crippen molar-refractivity contribution in [1.29, 1.82) is 0 Å². The van der Waals surface area contributed by atoms with Gasteiger partial charge in [0.05, 0.1) is 0 Å². The third-order valence-electron chi connectivity index (χ3n) is 6.53. The molecule has 0 unspecified atom stereocenters. The molecule has 11 heteroatoms. The van der Waals surface area contributed by atoms with E-state index >= 15 is 0 Å². The lowest BCUT2D eigenvalue weighted by molar-refractivity contribution is -0.133. The molecule has 0 radical (unpaired) electrons. The fourth-order valence-corrected chi connectivity index (χ4v) is 5.44. The lowest BCUT2D eigenvalue weighted by atomic mass is 10.0. The van der Waals surface area contributed by atoms with E-state index < -0.39 is 27.9 Å². The van der Waals surface area contributed by atoms with Crippen LogP contribution in [0.1, 0.15) is 31.9 Å². The Bertz CT molecular complexity index is 1450. The number of anilines is 1. The van der Waals surface area contributed by atoms with Crippen LogP contribution in [0.5, 0.6) is 5.75 Å². The van der Waals surface area contributed by atoms with Gasteiger partial charge in [0.25, 0.3) is 0 Å². The second-order valence-corrected chi connectivity index (χ2v) is 12.4. The predicted molar refractivity (Wildman–Crippen MR) is 155 cm³/mol. The number of amides is 2. The Hall–Kier alpha value is -4.12. The average Bonchev–Trinajstić information content (AvgIpc) is 2.93.